The second kappa shape index (κ2) is 9.22. The van der Waals surface area contributed by atoms with Crippen LogP contribution >= 0.6 is 0 Å². The molecule has 0 radical (unpaired) electrons. The van der Waals surface area contributed by atoms with Crippen LogP contribution in [0, 0.1) is 0 Å². The standard InChI is InChI=1S/C24H21FN4O3/c25-15-32-19-7-4-16(5-8-19)14-29-11-10-20-18(2-1-3-22(20)29)13-27-28-24(31)17-6-9-23(30)21(26)12-17/h1-13,30H,14-15,26H2,(H,28,31)/b27-13+. The van der Waals surface area contributed by atoms with E-state index in [2.05, 4.69) is 15.1 Å². The first kappa shape index (κ1) is 20.9. The summed E-state index contributed by atoms with van der Waals surface area (Å²) in [5.41, 5.74) is 11.4. The quantitative estimate of drug-likeness (QED) is 0.177. The molecule has 0 bridgehead atoms. The molecule has 1 heterocycles. The van der Waals surface area contributed by atoms with Crippen LogP contribution in [0.3, 0.4) is 0 Å². The minimum absolute atomic E-state index is 0.0784. The summed E-state index contributed by atoms with van der Waals surface area (Å²) < 4.78 is 19.2. The summed E-state index contributed by atoms with van der Waals surface area (Å²) in [4.78, 5) is 12.2. The van der Waals surface area contributed by atoms with Crippen LogP contribution in [0.1, 0.15) is 21.5 Å². The predicted octanol–water partition coefficient (Wildman–Crippen LogP) is 4.05. The summed E-state index contributed by atoms with van der Waals surface area (Å²) in [5, 5.41) is 14.5. The van der Waals surface area contributed by atoms with E-state index < -0.39 is 12.8 Å². The number of phenolic OH excluding ortho intramolecular Hbond substituents is 1. The predicted molar refractivity (Wildman–Crippen MR) is 122 cm³/mol. The van der Waals surface area contributed by atoms with E-state index in [-0.39, 0.29) is 11.4 Å². The minimum atomic E-state index is -0.852. The number of carbonyl (C=O) groups is 1. The van der Waals surface area contributed by atoms with Crippen LogP contribution in [-0.2, 0) is 6.54 Å². The molecule has 0 aliphatic rings. The van der Waals surface area contributed by atoms with Gasteiger partial charge in [-0.2, -0.15) is 5.10 Å². The van der Waals surface area contributed by atoms with Gasteiger partial charge in [0.15, 0.2) is 0 Å². The SMILES string of the molecule is Nc1cc(C(=O)N/N=C/c2cccc3c2ccn3Cc2ccc(OCF)cc2)ccc1O. The molecule has 162 valence electrons. The number of anilines is 1. The maximum atomic E-state index is 12.3. The van der Waals surface area contributed by atoms with Crippen LogP contribution in [0.2, 0.25) is 0 Å². The first-order valence-corrected chi connectivity index (χ1v) is 9.82. The van der Waals surface area contributed by atoms with E-state index in [9.17, 15) is 14.3 Å². The summed E-state index contributed by atoms with van der Waals surface area (Å²) in [5.74, 6) is -0.0210. The lowest BCUT2D eigenvalue weighted by molar-refractivity contribution is 0.0955. The van der Waals surface area contributed by atoms with E-state index in [1.165, 1.54) is 18.2 Å². The number of aromatic hydroxyl groups is 1. The van der Waals surface area contributed by atoms with Gasteiger partial charge in [-0.25, -0.2) is 9.82 Å². The number of benzene rings is 3. The van der Waals surface area contributed by atoms with Gasteiger partial charge in [0, 0.05) is 34.8 Å². The van der Waals surface area contributed by atoms with Gasteiger partial charge in [-0.05, 0) is 48.0 Å². The Kier molecular flexibility index (Phi) is 6.03. The highest BCUT2D eigenvalue weighted by Crippen LogP contribution is 2.22. The lowest BCUT2D eigenvalue weighted by Crippen LogP contribution is -2.17. The van der Waals surface area contributed by atoms with Crippen molar-refractivity contribution in [3.63, 3.8) is 0 Å². The number of nitrogens with one attached hydrogen (secondary N) is 1. The van der Waals surface area contributed by atoms with Gasteiger partial charge in [0.1, 0.15) is 11.5 Å². The molecule has 0 atom stereocenters. The highest BCUT2D eigenvalue weighted by Gasteiger charge is 2.08. The summed E-state index contributed by atoms with van der Waals surface area (Å²) in [6.45, 7) is -0.214. The average Bonchev–Trinajstić information content (AvgIpc) is 3.20. The Bertz CT molecular complexity index is 1280. The largest absolute Gasteiger partial charge is 0.506 e. The second-order valence-electron chi connectivity index (χ2n) is 7.09. The molecule has 4 aromatic rings. The summed E-state index contributed by atoms with van der Waals surface area (Å²) in [6, 6.07) is 19.3. The third kappa shape index (κ3) is 4.54. The number of nitrogen functional groups attached to an aromatic ring is 1. The van der Waals surface area contributed by atoms with Gasteiger partial charge in [0.25, 0.3) is 5.91 Å². The Morgan fingerprint density at radius 3 is 2.72 bits per heavy atom. The van der Waals surface area contributed by atoms with Crippen LogP contribution < -0.4 is 15.9 Å². The number of carbonyl (C=O) groups excluding carboxylic acids is 1. The Balaban J connectivity index is 1.48. The topological polar surface area (TPSA) is 102 Å². The maximum Gasteiger partial charge on any atom is 0.271 e. The number of amides is 1. The van der Waals surface area contributed by atoms with Gasteiger partial charge in [0.05, 0.1) is 11.9 Å². The summed E-state index contributed by atoms with van der Waals surface area (Å²) >= 11 is 0. The number of hydrazone groups is 1. The zero-order valence-corrected chi connectivity index (χ0v) is 17.0. The number of ether oxygens (including phenoxy) is 1. The van der Waals surface area contributed by atoms with Crippen molar-refractivity contribution in [3.05, 3.63) is 89.6 Å². The van der Waals surface area contributed by atoms with Crippen LogP contribution in [-0.4, -0.2) is 28.7 Å². The van der Waals surface area contributed by atoms with Crippen molar-refractivity contribution in [1.82, 2.24) is 9.99 Å². The average molecular weight is 432 g/mol. The van der Waals surface area contributed by atoms with E-state index in [1.807, 2.05) is 42.6 Å². The fourth-order valence-electron chi connectivity index (χ4n) is 3.37. The Morgan fingerprint density at radius 2 is 1.97 bits per heavy atom. The number of nitrogens with zero attached hydrogens (tertiary/aromatic N) is 2. The first-order valence-electron chi connectivity index (χ1n) is 9.82. The molecule has 0 aliphatic carbocycles. The molecule has 0 fully saturated rings. The van der Waals surface area contributed by atoms with Gasteiger partial charge >= 0.3 is 0 Å². The molecule has 3 aromatic carbocycles. The Hall–Kier alpha value is -4.33. The molecular formula is C24H21FN4O3. The van der Waals surface area contributed by atoms with E-state index in [0.29, 0.717) is 17.9 Å². The van der Waals surface area contributed by atoms with Gasteiger partial charge in [0.2, 0.25) is 6.86 Å². The van der Waals surface area contributed by atoms with Crippen molar-refractivity contribution in [2.24, 2.45) is 5.10 Å². The molecule has 8 heteroatoms. The minimum Gasteiger partial charge on any atom is -0.506 e. The van der Waals surface area contributed by atoms with Crippen molar-refractivity contribution >= 4 is 28.7 Å². The molecule has 0 aliphatic heterocycles. The van der Waals surface area contributed by atoms with Crippen LogP contribution in [0.4, 0.5) is 10.1 Å². The molecule has 1 amide bonds. The number of alkyl halides is 1. The van der Waals surface area contributed by atoms with Gasteiger partial charge in [-0.3, -0.25) is 4.79 Å². The Labute approximate surface area is 183 Å². The smallest absolute Gasteiger partial charge is 0.271 e. The zero-order valence-electron chi connectivity index (χ0n) is 17.0. The molecule has 1 aromatic heterocycles. The monoisotopic (exact) mass is 432 g/mol. The van der Waals surface area contributed by atoms with E-state index >= 15 is 0 Å². The van der Waals surface area contributed by atoms with E-state index in [0.717, 1.165) is 22.0 Å². The van der Waals surface area contributed by atoms with E-state index in [4.69, 9.17) is 10.5 Å². The van der Waals surface area contributed by atoms with Crippen molar-refractivity contribution in [2.75, 3.05) is 12.6 Å². The molecule has 7 nitrogen and oxygen atoms in total. The number of aromatic nitrogens is 1. The maximum absolute atomic E-state index is 12.3. The Morgan fingerprint density at radius 1 is 1.16 bits per heavy atom. The fourth-order valence-corrected chi connectivity index (χ4v) is 3.37. The van der Waals surface area contributed by atoms with Crippen molar-refractivity contribution in [3.8, 4) is 11.5 Å². The number of hydrogen-bond donors (Lipinski definition) is 3. The zero-order chi connectivity index (χ0) is 22.5. The van der Waals surface area contributed by atoms with Crippen LogP contribution in [0.5, 0.6) is 11.5 Å². The number of halogens is 1. The summed E-state index contributed by atoms with van der Waals surface area (Å²) in [7, 11) is 0. The number of rotatable bonds is 7. The molecule has 4 rings (SSSR count). The van der Waals surface area contributed by atoms with Crippen LogP contribution in [0.15, 0.2) is 78.0 Å². The lowest BCUT2D eigenvalue weighted by atomic mass is 10.1. The molecule has 0 saturated heterocycles. The highest BCUT2D eigenvalue weighted by atomic mass is 19.1. The molecule has 0 spiro atoms. The van der Waals surface area contributed by atoms with Crippen LogP contribution in [0.25, 0.3) is 10.9 Å². The van der Waals surface area contributed by atoms with Crippen molar-refractivity contribution in [2.45, 2.75) is 6.54 Å². The third-order valence-electron chi connectivity index (χ3n) is 5.00. The normalized spacial score (nSPS) is 11.2. The second-order valence-corrected chi connectivity index (χ2v) is 7.09. The molecule has 32 heavy (non-hydrogen) atoms. The number of fused-ring (bicyclic) bond motifs is 1. The third-order valence-corrected chi connectivity index (χ3v) is 5.00. The molecule has 4 N–H and O–H groups in total. The highest BCUT2D eigenvalue weighted by molar-refractivity contribution is 6.00. The molecule has 0 unspecified atom stereocenters. The van der Waals surface area contributed by atoms with E-state index in [1.54, 1.807) is 18.3 Å². The fraction of sp³-hybridized carbons (Fsp3) is 0.0833. The first-order chi connectivity index (χ1) is 15.5. The van der Waals surface area contributed by atoms with Gasteiger partial charge < -0.3 is 20.1 Å². The van der Waals surface area contributed by atoms with Gasteiger partial charge in [-0.1, -0.05) is 24.3 Å². The number of phenols is 1. The number of nitrogens with two attached hydrogens (primary N) is 1. The van der Waals surface area contributed by atoms with Crippen molar-refractivity contribution in [1.29, 1.82) is 0 Å². The summed E-state index contributed by atoms with van der Waals surface area (Å²) in [6.07, 6.45) is 3.56. The molecular weight excluding hydrogens is 411 g/mol. The van der Waals surface area contributed by atoms with Crippen molar-refractivity contribution < 1.29 is 19.0 Å². The number of hydrogen-bond acceptors (Lipinski definition) is 5. The molecule has 0 saturated carbocycles. The lowest BCUT2D eigenvalue weighted by Gasteiger charge is -2.08. The van der Waals surface area contributed by atoms with Gasteiger partial charge in [-0.15, -0.1) is 0 Å².